The lowest BCUT2D eigenvalue weighted by molar-refractivity contribution is 1.16. The molecule has 0 fully saturated rings. The topological polar surface area (TPSA) is 16.1 Å². The van der Waals surface area contributed by atoms with Gasteiger partial charge in [-0.25, -0.2) is 0 Å². The van der Waals surface area contributed by atoms with Gasteiger partial charge >= 0.3 is 0 Å². The molecule has 4 heteroatoms. The van der Waals surface area contributed by atoms with Gasteiger partial charge in [0.2, 0.25) is 0 Å². The first kappa shape index (κ1) is 8.78. The van der Waals surface area contributed by atoms with Gasteiger partial charge in [-0.2, -0.15) is 4.37 Å². The summed E-state index contributed by atoms with van der Waals surface area (Å²) >= 11 is 7.36. The van der Waals surface area contributed by atoms with Crippen molar-refractivity contribution in [1.29, 1.82) is 0 Å². The van der Waals surface area contributed by atoms with Gasteiger partial charge in [0.25, 0.3) is 0 Å². The minimum Gasteiger partial charge on any atom is -0.368 e. The summed E-state index contributed by atoms with van der Waals surface area (Å²) in [5, 5.41) is 3.08. The standard InChI is InChI=1S/C9H9ClN2S/c1-12(2)9-7-4-3-6(10)5-8(7)11-13-9/h3-5H,1-2H3. The van der Waals surface area contributed by atoms with E-state index < -0.39 is 0 Å². The summed E-state index contributed by atoms with van der Waals surface area (Å²) in [6, 6.07) is 5.79. The molecule has 2 rings (SSSR count). The molecule has 0 aliphatic carbocycles. The number of benzene rings is 1. The van der Waals surface area contributed by atoms with E-state index in [-0.39, 0.29) is 0 Å². The second-order valence-electron chi connectivity index (χ2n) is 3.04. The molecule has 0 atom stereocenters. The third-order valence-electron chi connectivity index (χ3n) is 1.83. The average molecular weight is 213 g/mol. The first-order valence-electron chi connectivity index (χ1n) is 3.91. The smallest absolute Gasteiger partial charge is 0.119 e. The summed E-state index contributed by atoms with van der Waals surface area (Å²) in [5.41, 5.74) is 0.973. The summed E-state index contributed by atoms with van der Waals surface area (Å²) in [4.78, 5) is 2.06. The van der Waals surface area contributed by atoms with Gasteiger partial charge in [-0.1, -0.05) is 11.6 Å². The van der Waals surface area contributed by atoms with Crippen LogP contribution in [-0.2, 0) is 0 Å². The number of halogens is 1. The number of hydrogen-bond acceptors (Lipinski definition) is 3. The highest BCUT2D eigenvalue weighted by Crippen LogP contribution is 2.31. The maximum atomic E-state index is 5.86. The van der Waals surface area contributed by atoms with Crippen LogP contribution in [0.3, 0.4) is 0 Å². The fraction of sp³-hybridized carbons (Fsp3) is 0.222. The molecule has 0 N–H and O–H groups in total. The van der Waals surface area contributed by atoms with E-state index in [4.69, 9.17) is 11.6 Å². The van der Waals surface area contributed by atoms with Crippen LogP contribution < -0.4 is 4.90 Å². The highest BCUT2D eigenvalue weighted by atomic mass is 35.5. The van der Waals surface area contributed by atoms with E-state index >= 15 is 0 Å². The third-order valence-corrected chi connectivity index (χ3v) is 3.11. The predicted octanol–water partition coefficient (Wildman–Crippen LogP) is 3.02. The lowest BCUT2D eigenvalue weighted by atomic mass is 10.2. The number of fused-ring (bicyclic) bond motifs is 1. The van der Waals surface area contributed by atoms with Gasteiger partial charge in [-0.15, -0.1) is 0 Å². The van der Waals surface area contributed by atoms with Crippen molar-refractivity contribution in [2.45, 2.75) is 0 Å². The van der Waals surface area contributed by atoms with E-state index in [0.29, 0.717) is 0 Å². The molecule has 1 heterocycles. The van der Waals surface area contributed by atoms with Gasteiger partial charge in [0.1, 0.15) is 5.00 Å². The fourth-order valence-corrected chi connectivity index (χ4v) is 2.16. The molecule has 0 amide bonds. The molecule has 0 unspecified atom stereocenters. The summed E-state index contributed by atoms with van der Waals surface area (Å²) in [7, 11) is 4.03. The zero-order chi connectivity index (χ0) is 9.42. The average Bonchev–Trinajstić information content (AvgIpc) is 2.46. The number of hydrogen-bond donors (Lipinski definition) is 0. The largest absolute Gasteiger partial charge is 0.368 e. The van der Waals surface area contributed by atoms with Gasteiger partial charge in [0.05, 0.1) is 5.52 Å². The Labute approximate surface area is 85.9 Å². The molecule has 1 aromatic carbocycles. The van der Waals surface area contributed by atoms with Crippen molar-refractivity contribution in [3.63, 3.8) is 0 Å². The summed E-state index contributed by atoms with van der Waals surface area (Å²) < 4.78 is 4.32. The predicted molar refractivity (Wildman–Crippen MR) is 59.0 cm³/mol. The Hall–Kier alpha value is -0.800. The molecule has 2 aromatic rings. The second-order valence-corrected chi connectivity index (χ2v) is 4.23. The van der Waals surface area contributed by atoms with Crippen molar-refractivity contribution in [2.75, 3.05) is 19.0 Å². The molecule has 0 spiro atoms. The molecule has 68 valence electrons. The Morgan fingerprint density at radius 3 is 2.85 bits per heavy atom. The Morgan fingerprint density at radius 2 is 2.15 bits per heavy atom. The van der Waals surface area contributed by atoms with Crippen molar-refractivity contribution in [2.24, 2.45) is 0 Å². The summed E-state index contributed by atoms with van der Waals surface area (Å²) in [5.74, 6) is 0. The van der Waals surface area contributed by atoms with Gasteiger partial charge in [-0.05, 0) is 29.7 Å². The van der Waals surface area contributed by atoms with E-state index in [1.54, 1.807) is 0 Å². The van der Waals surface area contributed by atoms with Gasteiger partial charge in [0, 0.05) is 24.5 Å². The molecule has 13 heavy (non-hydrogen) atoms. The van der Waals surface area contributed by atoms with Crippen LogP contribution in [0, 0.1) is 0 Å². The molecule has 0 saturated heterocycles. The summed E-state index contributed by atoms with van der Waals surface area (Å²) in [6.07, 6.45) is 0. The van der Waals surface area contributed by atoms with Crippen molar-refractivity contribution >= 4 is 39.0 Å². The van der Waals surface area contributed by atoms with E-state index in [1.807, 2.05) is 32.3 Å². The third kappa shape index (κ3) is 1.49. The van der Waals surface area contributed by atoms with Crippen LogP contribution in [0.1, 0.15) is 0 Å². The van der Waals surface area contributed by atoms with Crippen LogP contribution in [0.5, 0.6) is 0 Å². The van der Waals surface area contributed by atoms with Crippen LogP contribution in [0.2, 0.25) is 5.02 Å². The molecule has 0 bridgehead atoms. The quantitative estimate of drug-likeness (QED) is 0.723. The zero-order valence-corrected chi connectivity index (χ0v) is 8.99. The molecular weight excluding hydrogens is 204 g/mol. The maximum absolute atomic E-state index is 5.86. The Kier molecular flexibility index (Phi) is 2.14. The SMILES string of the molecule is CN(C)c1snc2cc(Cl)ccc12. The Bertz CT molecular complexity index is 436. The minimum absolute atomic E-state index is 0.739. The first-order valence-corrected chi connectivity index (χ1v) is 5.06. The second kappa shape index (κ2) is 3.16. The van der Waals surface area contributed by atoms with Crippen LogP contribution in [-0.4, -0.2) is 18.5 Å². The number of rotatable bonds is 1. The fourth-order valence-electron chi connectivity index (χ4n) is 1.23. The maximum Gasteiger partial charge on any atom is 0.119 e. The van der Waals surface area contributed by atoms with Crippen LogP contribution in [0.4, 0.5) is 5.00 Å². The van der Waals surface area contributed by atoms with Gasteiger partial charge in [-0.3, -0.25) is 0 Å². The van der Waals surface area contributed by atoms with Crippen molar-refractivity contribution < 1.29 is 0 Å². The molecular formula is C9H9ClN2S. The molecule has 0 radical (unpaired) electrons. The van der Waals surface area contributed by atoms with Crippen LogP contribution >= 0.6 is 23.1 Å². The van der Waals surface area contributed by atoms with Crippen LogP contribution in [0.25, 0.3) is 10.9 Å². The van der Waals surface area contributed by atoms with Gasteiger partial charge in [0.15, 0.2) is 0 Å². The molecule has 0 aliphatic heterocycles. The van der Waals surface area contributed by atoms with E-state index in [1.165, 1.54) is 21.9 Å². The lowest BCUT2D eigenvalue weighted by Crippen LogP contribution is -2.06. The lowest BCUT2D eigenvalue weighted by Gasteiger charge is -2.08. The highest BCUT2D eigenvalue weighted by Gasteiger charge is 2.07. The molecule has 1 aromatic heterocycles. The Balaban J connectivity index is 2.69. The van der Waals surface area contributed by atoms with Crippen LogP contribution in [0.15, 0.2) is 18.2 Å². The van der Waals surface area contributed by atoms with Crippen molar-refractivity contribution in [1.82, 2.24) is 4.37 Å². The Morgan fingerprint density at radius 1 is 1.38 bits per heavy atom. The van der Waals surface area contributed by atoms with Gasteiger partial charge < -0.3 is 4.90 Å². The molecule has 2 nitrogen and oxygen atoms in total. The zero-order valence-electron chi connectivity index (χ0n) is 7.41. The normalized spacial score (nSPS) is 10.7. The monoisotopic (exact) mass is 212 g/mol. The highest BCUT2D eigenvalue weighted by molar-refractivity contribution is 7.11. The van der Waals surface area contributed by atoms with E-state index in [2.05, 4.69) is 9.27 Å². The minimum atomic E-state index is 0.739. The number of anilines is 1. The number of aromatic nitrogens is 1. The van der Waals surface area contributed by atoms with E-state index in [0.717, 1.165) is 10.5 Å². The number of nitrogens with zero attached hydrogens (tertiary/aromatic N) is 2. The summed E-state index contributed by atoms with van der Waals surface area (Å²) in [6.45, 7) is 0. The molecule has 0 aliphatic rings. The van der Waals surface area contributed by atoms with E-state index in [9.17, 15) is 0 Å². The van der Waals surface area contributed by atoms with Crippen molar-refractivity contribution in [3.8, 4) is 0 Å². The first-order chi connectivity index (χ1) is 6.18. The molecule has 0 saturated carbocycles. The van der Waals surface area contributed by atoms with Crippen molar-refractivity contribution in [3.05, 3.63) is 23.2 Å².